The summed E-state index contributed by atoms with van der Waals surface area (Å²) < 4.78 is 60.9. The number of hydrogen-bond donors (Lipinski definition) is 0. The summed E-state index contributed by atoms with van der Waals surface area (Å²) in [6.07, 6.45) is 2.13. The second kappa shape index (κ2) is 22.0. The summed E-state index contributed by atoms with van der Waals surface area (Å²) in [5.41, 5.74) is 4.40. The Bertz CT molecular complexity index is 2620. The minimum Gasteiger partial charge on any atom is -0.488 e. The number of rotatable bonds is 22. The first-order valence-corrected chi connectivity index (χ1v) is 28.9. The van der Waals surface area contributed by atoms with E-state index in [-0.39, 0.29) is 36.7 Å². The minimum atomic E-state index is -3.13. The first-order valence-electron chi connectivity index (χ1n) is 24.0. The molecule has 0 saturated carbocycles. The van der Waals surface area contributed by atoms with Gasteiger partial charge >= 0.3 is 0 Å². The summed E-state index contributed by atoms with van der Waals surface area (Å²) in [6, 6.07) is 51.5. The molecule has 0 aliphatic heterocycles. The molecule has 0 heterocycles. The number of methoxy groups -OCH3 is 4. The molecule has 0 saturated heterocycles. The van der Waals surface area contributed by atoms with Gasteiger partial charge in [0.1, 0.15) is 30.5 Å². The normalized spacial score (nSPS) is 16.0. The van der Waals surface area contributed by atoms with Crippen molar-refractivity contribution in [3.8, 4) is 17.2 Å². The zero-order valence-corrected chi connectivity index (χ0v) is 45.2. The molecule has 70 heavy (non-hydrogen) atoms. The van der Waals surface area contributed by atoms with E-state index in [0.717, 1.165) is 43.8 Å². The first kappa shape index (κ1) is 52.5. The zero-order chi connectivity index (χ0) is 50.2. The van der Waals surface area contributed by atoms with Crippen molar-refractivity contribution in [3.05, 3.63) is 191 Å². The van der Waals surface area contributed by atoms with E-state index in [9.17, 15) is 0 Å². The Morgan fingerprint density at radius 1 is 0.543 bits per heavy atom. The second-order valence-electron chi connectivity index (χ2n) is 20.3. The topological polar surface area (TPSA) is 83.1 Å². The maximum absolute atomic E-state index is 7.81. The Labute approximate surface area is 418 Å². The van der Waals surface area contributed by atoms with Crippen LogP contribution in [0.3, 0.4) is 0 Å². The van der Waals surface area contributed by atoms with Crippen LogP contribution in [0.5, 0.6) is 17.2 Å². The van der Waals surface area contributed by atoms with Gasteiger partial charge < -0.3 is 42.0 Å². The van der Waals surface area contributed by atoms with Crippen LogP contribution >= 0.6 is 0 Å². The van der Waals surface area contributed by atoms with E-state index in [0.29, 0.717) is 29.4 Å². The number of benzene rings is 6. The van der Waals surface area contributed by atoms with Crippen LogP contribution in [-0.4, -0.2) is 58.5 Å². The van der Waals surface area contributed by atoms with E-state index < -0.39 is 28.0 Å². The summed E-state index contributed by atoms with van der Waals surface area (Å²) in [5, 5.41) is 1.93. The Hall–Kier alpha value is -5.35. The van der Waals surface area contributed by atoms with Crippen molar-refractivity contribution in [2.24, 2.45) is 0 Å². The van der Waals surface area contributed by atoms with Crippen molar-refractivity contribution in [2.75, 3.05) is 41.8 Å². The quantitative estimate of drug-likeness (QED) is 0.0488. The fourth-order valence-corrected chi connectivity index (χ4v) is 15.1. The molecule has 1 aliphatic carbocycles. The number of ether oxygens (including phenoxy) is 7. The molecule has 1 atom stereocenters. The van der Waals surface area contributed by atoms with Crippen LogP contribution in [0.25, 0.3) is 5.57 Å². The van der Waals surface area contributed by atoms with E-state index in [4.69, 9.17) is 42.0 Å². The lowest BCUT2D eigenvalue weighted by Gasteiger charge is -2.58. The predicted molar refractivity (Wildman–Crippen MR) is 285 cm³/mol. The molecule has 9 nitrogen and oxygen atoms in total. The van der Waals surface area contributed by atoms with Crippen molar-refractivity contribution in [2.45, 2.75) is 95.9 Å². The van der Waals surface area contributed by atoms with Crippen molar-refractivity contribution >= 4 is 32.6 Å². The third-order valence-electron chi connectivity index (χ3n) is 14.1. The Morgan fingerprint density at radius 2 is 1.07 bits per heavy atom. The van der Waals surface area contributed by atoms with Gasteiger partial charge in [-0.05, 0) is 62.4 Å². The summed E-state index contributed by atoms with van der Waals surface area (Å²) >= 11 is 0. The largest absolute Gasteiger partial charge is 0.488 e. The summed E-state index contributed by atoms with van der Waals surface area (Å²) in [6.45, 7) is 19.1. The third-order valence-corrected chi connectivity index (χ3v) is 23.6. The van der Waals surface area contributed by atoms with Crippen molar-refractivity contribution < 1.29 is 42.0 Å². The standard InChI is InChI=1S/C59H72O9Si2/c1-56(2,3)69(11,12)67-37-36-50(58(61-8)51-34-25-35-52(55(51)59(58,62-9)63-10)64-40-44-26-17-13-18-27-44)54-46(38-47(66-43-60-7)39-53(54)65-41-45-28-19-14-20-29-45)42-68-70(57(4,5)6,48-30-21-15-22-31-48)49-32-23-16-24-33-49/h13-36,38-39H,37,40-43H2,1-12H3/b50-36-. The van der Waals surface area contributed by atoms with Gasteiger partial charge in [0.25, 0.3) is 8.32 Å². The van der Waals surface area contributed by atoms with Crippen LogP contribution < -0.4 is 24.6 Å². The molecular formula is C59H72O9Si2. The highest BCUT2D eigenvalue weighted by Crippen LogP contribution is 2.66. The van der Waals surface area contributed by atoms with Gasteiger partial charge in [0.15, 0.2) is 20.7 Å². The van der Waals surface area contributed by atoms with E-state index in [2.05, 4.69) is 140 Å². The monoisotopic (exact) mass is 980 g/mol. The molecule has 7 rings (SSSR count). The summed E-state index contributed by atoms with van der Waals surface area (Å²) in [7, 11) is 1.18. The van der Waals surface area contributed by atoms with Crippen LogP contribution in [0.2, 0.25) is 23.2 Å². The average molecular weight is 981 g/mol. The van der Waals surface area contributed by atoms with Gasteiger partial charge in [0.2, 0.25) is 5.79 Å². The summed E-state index contributed by atoms with van der Waals surface area (Å²) in [5.74, 6) is 0.187. The molecule has 0 fully saturated rings. The molecule has 1 aliphatic rings. The number of hydrogen-bond acceptors (Lipinski definition) is 9. The Morgan fingerprint density at radius 3 is 1.56 bits per heavy atom. The molecule has 1 unspecified atom stereocenters. The molecule has 6 aromatic rings. The zero-order valence-electron chi connectivity index (χ0n) is 43.2. The molecule has 0 bridgehead atoms. The van der Waals surface area contributed by atoms with Gasteiger partial charge in [-0.25, -0.2) is 0 Å². The highest BCUT2D eigenvalue weighted by atomic mass is 28.4. The van der Waals surface area contributed by atoms with Gasteiger partial charge in [-0.3, -0.25) is 0 Å². The fraction of sp³-hybridized carbons (Fsp3) is 0.356. The molecule has 0 N–H and O–H groups in total. The second-order valence-corrected chi connectivity index (χ2v) is 29.4. The third kappa shape index (κ3) is 10.1. The maximum Gasteiger partial charge on any atom is 0.261 e. The van der Waals surface area contributed by atoms with Crippen molar-refractivity contribution in [3.63, 3.8) is 0 Å². The van der Waals surface area contributed by atoms with E-state index in [1.807, 2.05) is 72.8 Å². The first-order chi connectivity index (χ1) is 33.5. The van der Waals surface area contributed by atoms with Crippen LogP contribution in [0.15, 0.2) is 158 Å². The van der Waals surface area contributed by atoms with Crippen molar-refractivity contribution in [1.82, 2.24) is 0 Å². The molecule has 0 spiro atoms. The average Bonchev–Trinajstić information content (AvgIpc) is 3.35. The fourth-order valence-electron chi connectivity index (χ4n) is 9.61. The van der Waals surface area contributed by atoms with Gasteiger partial charge in [0.05, 0.1) is 18.8 Å². The molecule has 0 aromatic heterocycles. The van der Waals surface area contributed by atoms with Crippen LogP contribution in [0, 0.1) is 0 Å². The Balaban J connectivity index is 1.53. The van der Waals surface area contributed by atoms with Gasteiger partial charge in [-0.1, -0.05) is 181 Å². The number of fused-ring (bicyclic) bond motifs is 1. The van der Waals surface area contributed by atoms with Crippen LogP contribution in [-0.2, 0) is 59.0 Å². The van der Waals surface area contributed by atoms with Gasteiger partial charge in [0, 0.05) is 51.2 Å². The van der Waals surface area contributed by atoms with E-state index in [1.165, 1.54) is 0 Å². The Kier molecular flexibility index (Phi) is 16.5. The molecule has 6 aromatic carbocycles. The maximum atomic E-state index is 7.81. The highest BCUT2D eigenvalue weighted by molar-refractivity contribution is 6.99. The smallest absolute Gasteiger partial charge is 0.261 e. The molecule has 11 heteroatoms. The lowest BCUT2D eigenvalue weighted by Crippen LogP contribution is -2.66. The van der Waals surface area contributed by atoms with Gasteiger partial charge in [-0.2, -0.15) is 0 Å². The van der Waals surface area contributed by atoms with Crippen LogP contribution in [0.1, 0.15) is 74.9 Å². The lowest BCUT2D eigenvalue weighted by molar-refractivity contribution is -0.327. The minimum absolute atomic E-state index is 0.0210. The van der Waals surface area contributed by atoms with Gasteiger partial charge in [-0.15, -0.1) is 0 Å². The molecular weight excluding hydrogens is 909 g/mol. The SMILES string of the molecule is COCOc1cc(CO[Si](c2ccccc2)(c2ccccc2)C(C)(C)C)c(/C(=C/CO[Si](C)(C)C(C)(C)C)C2(OC)c3cccc(OCc4ccccc4)c3C2(OC)OC)c(OCc2ccccc2)c1. The van der Waals surface area contributed by atoms with E-state index >= 15 is 0 Å². The highest BCUT2D eigenvalue weighted by Gasteiger charge is 2.70. The molecule has 370 valence electrons. The van der Waals surface area contributed by atoms with Crippen LogP contribution in [0.4, 0.5) is 0 Å². The van der Waals surface area contributed by atoms with E-state index in [1.54, 1.807) is 28.4 Å². The van der Waals surface area contributed by atoms with Crippen molar-refractivity contribution in [1.29, 1.82) is 0 Å². The molecule has 0 amide bonds. The summed E-state index contributed by atoms with van der Waals surface area (Å²) in [4.78, 5) is 0. The molecule has 0 radical (unpaired) electrons. The predicted octanol–water partition coefficient (Wildman–Crippen LogP) is 12.3. The lowest BCUT2D eigenvalue weighted by atomic mass is 9.61.